The number of hydrogen-bond acceptors (Lipinski definition) is 6. The lowest BCUT2D eigenvalue weighted by Gasteiger charge is -2.27. The molecule has 2 rings (SSSR count). The Bertz CT molecular complexity index is 489. The van der Waals surface area contributed by atoms with Gasteiger partial charge in [-0.25, -0.2) is 0 Å². The number of nitro groups is 1. The van der Waals surface area contributed by atoms with Crippen molar-refractivity contribution in [1.29, 1.82) is 0 Å². The van der Waals surface area contributed by atoms with Crippen LogP contribution in [0.15, 0.2) is 18.2 Å². The molecule has 1 aliphatic rings. The molecule has 0 radical (unpaired) electrons. The Balaban J connectivity index is 1.96. The van der Waals surface area contributed by atoms with Crippen LogP contribution in [0.1, 0.15) is 18.4 Å². The van der Waals surface area contributed by atoms with Crippen LogP contribution in [-0.4, -0.2) is 36.6 Å². The highest BCUT2D eigenvalue weighted by Gasteiger charge is 2.17. The molecule has 1 aliphatic heterocycles. The second-order valence-electron chi connectivity index (χ2n) is 5.53. The van der Waals surface area contributed by atoms with Crippen LogP contribution in [-0.2, 0) is 11.3 Å². The molecule has 1 aromatic carbocycles. The molecule has 0 bridgehead atoms. The smallest absolute Gasteiger partial charge is 0.293 e. The second-order valence-corrected chi connectivity index (χ2v) is 5.53. The fourth-order valence-electron chi connectivity index (χ4n) is 2.72. The van der Waals surface area contributed by atoms with E-state index in [1.165, 1.54) is 12.5 Å². The number of nitrogens with one attached hydrogen (secondary N) is 1. The van der Waals surface area contributed by atoms with Gasteiger partial charge in [-0.1, -0.05) is 6.07 Å². The van der Waals surface area contributed by atoms with Gasteiger partial charge in [-0.05, 0) is 37.4 Å². The predicted octanol–water partition coefficient (Wildman–Crippen LogP) is 1.74. The topological polar surface area (TPSA) is 93.7 Å². The van der Waals surface area contributed by atoms with E-state index < -0.39 is 4.92 Å². The number of hydrazine groups is 1. The van der Waals surface area contributed by atoms with Crippen molar-refractivity contribution in [3.8, 4) is 0 Å². The van der Waals surface area contributed by atoms with Crippen molar-refractivity contribution < 1.29 is 9.66 Å². The monoisotopic (exact) mass is 294 g/mol. The van der Waals surface area contributed by atoms with E-state index >= 15 is 0 Å². The quantitative estimate of drug-likeness (QED) is 0.471. The molecule has 0 aromatic heterocycles. The molecule has 1 fully saturated rings. The summed E-state index contributed by atoms with van der Waals surface area (Å²) in [7, 11) is 2.05. The van der Waals surface area contributed by atoms with Crippen LogP contribution >= 0.6 is 0 Å². The number of anilines is 1. The van der Waals surface area contributed by atoms with Crippen LogP contribution in [0.2, 0.25) is 0 Å². The molecule has 116 valence electrons. The summed E-state index contributed by atoms with van der Waals surface area (Å²) in [6.07, 6.45) is 2.32. The van der Waals surface area contributed by atoms with Crippen molar-refractivity contribution in [3.63, 3.8) is 0 Å². The molecule has 0 aliphatic carbocycles. The summed E-state index contributed by atoms with van der Waals surface area (Å²) < 4.78 is 5.48. The predicted molar refractivity (Wildman–Crippen MR) is 80.8 cm³/mol. The Morgan fingerprint density at radius 1 is 1.57 bits per heavy atom. The Hall–Kier alpha value is -1.70. The molecule has 21 heavy (non-hydrogen) atoms. The molecular formula is C14H22N4O3. The summed E-state index contributed by atoms with van der Waals surface area (Å²) in [4.78, 5) is 12.6. The average Bonchev–Trinajstić information content (AvgIpc) is 2.47. The molecule has 1 atom stereocenters. The van der Waals surface area contributed by atoms with Crippen LogP contribution in [0.5, 0.6) is 0 Å². The van der Waals surface area contributed by atoms with Gasteiger partial charge in [0.05, 0.1) is 11.5 Å². The number of nitro benzene ring substituents is 1. The van der Waals surface area contributed by atoms with E-state index in [2.05, 4.69) is 10.3 Å². The first-order valence-electron chi connectivity index (χ1n) is 7.10. The standard InChI is InChI=1S/C14H22N4O3/c1-17(9-12-3-2-6-21-10-12)8-11-4-5-14(18(19)20)13(7-11)16-15/h4-5,7,12,16H,2-3,6,8-10,15H2,1H3. The van der Waals surface area contributed by atoms with Gasteiger partial charge in [-0.15, -0.1) is 0 Å². The first-order chi connectivity index (χ1) is 10.1. The summed E-state index contributed by atoms with van der Waals surface area (Å²) in [6.45, 7) is 3.37. The minimum atomic E-state index is -0.442. The molecule has 1 heterocycles. The van der Waals surface area contributed by atoms with Crippen molar-refractivity contribution in [2.75, 3.05) is 32.2 Å². The van der Waals surface area contributed by atoms with Crippen molar-refractivity contribution in [1.82, 2.24) is 4.90 Å². The summed E-state index contributed by atoms with van der Waals surface area (Å²) in [5.41, 5.74) is 3.72. The number of nitrogen functional groups attached to an aromatic ring is 1. The fraction of sp³-hybridized carbons (Fsp3) is 0.571. The van der Waals surface area contributed by atoms with Crippen LogP contribution in [0.25, 0.3) is 0 Å². The highest BCUT2D eigenvalue weighted by Crippen LogP contribution is 2.25. The Morgan fingerprint density at radius 3 is 3.00 bits per heavy atom. The molecule has 1 saturated heterocycles. The minimum absolute atomic E-state index is 0.00964. The number of hydrogen-bond donors (Lipinski definition) is 2. The lowest BCUT2D eigenvalue weighted by molar-refractivity contribution is -0.384. The third-order valence-electron chi connectivity index (χ3n) is 3.69. The third-order valence-corrected chi connectivity index (χ3v) is 3.69. The Morgan fingerprint density at radius 2 is 2.38 bits per heavy atom. The normalized spacial score (nSPS) is 18.7. The zero-order valence-electron chi connectivity index (χ0n) is 12.2. The van der Waals surface area contributed by atoms with E-state index in [1.807, 2.05) is 7.05 Å². The van der Waals surface area contributed by atoms with Crippen LogP contribution in [0, 0.1) is 16.0 Å². The number of nitrogens with zero attached hydrogens (tertiary/aromatic N) is 2. The van der Waals surface area contributed by atoms with Gasteiger partial charge in [0.1, 0.15) is 5.69 Å². The fourth-order valence-corrected chi connectivity index (χ4v) is 2.72. The van der Waals surface area contributed by atoms with Gasteiger partial charge in [0.2, 0.25) is 0 Å². The van der Waals surface area contributed by atoms with Crippen molar-refractivity contribution in [2.24, 2.45) is 11.8 Å². The van der Waals surface area contributed by atoms with Crippen molar-refractivity contribution >= 4 is 11.4 Å². The third kappa shape index (κ3) is 4.38. The zero-order chi connectivity index (χ0) is 15.2. The van der Waals surface area contributed by atoms with Crippen molar-refractivity contribution in [3.05, 3.63) is 33.9 Å². The summed E-state index contributed by atoms with van der Waals surface area (Å²) in [5, 5.41) is 10.9. The largest absolute Gasteiger partial charge is 0.381 e. The van der Waals surface area contributed by atoms with Gasteiger partial charge in [-0.2, -0.15) is 0 Å². The maximum atomic E-state index is 10.9. The van der Waals surface area contributed by atoms with Gasteiger partial charge < -0.3 is 15.1 Å². The Kier molecular flexibility index (Phi) is 5.49. The van der Waals surface area contributed by atoms with Gasteiger partial charge in [0.25, 0.3) is 5.69 Å². The van der Waals surface area contributed by atoms with E-state index in [-0.39, 0.29) is 5.69 Å². The van der Waals surface area contributed by atoms with Crippen LogP contribution in [0.3, 0.4) is 0 Å². The molecule has 7 nitrogen and oxygen atoms in total. The number of benzene rings is 1. The molecule has 0 amide bonds. The molecule has 1 unspecified atom stereocenters. The van der Waals surface area contributed by atoms with E-state index in [0.29, 0.717) is 11.6 Å². The molecule has 7 heteroatoms. The summed E-state index contributed by atoms with van der Waals surface area (Å²) >= 11 is 0. The molecule has 3 N–H and O–H groups in total. The van der Waals surface area contributed by atoms with E-state index in [4.69, 9.17) is 10.6 Å². The average molecular weight is 294 g/mol. The van der Waals surface area contributed by atoms with E-state index in [9.17, 15) is 10.1 Å². The highest BCUT2D eigenvalue weighted by molar-refractivity contribution is 5.62. The molecule has 0 spiro atoms. The van der Waals surface area contributed by atoms with Gasteiger partial charge in [0, 0.05) is 25.8 Å². The molecule has 1 aromatic rings. The highest BCUT2D eigenvalue weighted by atomic mass is 16.6. The van der Waals surface area contributed by atoms with Crippen LogP contribution in [0.4, 0.5) is 11.4 Å². The summed E-state index contributed by atoms with van der Waals surface area (Å²) in [5.74, 6) is 5.92. The lowest BCUT2D eigenvalue weighted by Crippen LogP contribution is -2.30. The van der Waals surface area contributed by atoms with E-state index in [1.54, 1.807) is 12.1 Å². The number of rotatable bonds is 6. The number of nitrogens with two attached hydrogens (primary N) is 1. The Labute approximate surface area is 124 Å². The molecule has 0 saturated carbocycles. The van der Waals surface area contributed by atoms with Gasteiger partial charge in [-0.3, -0.25) is 16.0 Å². The number of ether oxygens (including phenoxy) is 1. The van der Waals surface area contributed by atoms with Gasteiger partial charge >= 0.3 is 0 Å². The maximum Gasteiger partial charge on any atom is 0.293 e. The first kappa shape index (κ1) is 15.7. The van der Waals surface area contributed by atoms with E-state index in [0.717, 1.165) is 38.3 Å². The first-order valence-corrected chi connectivity index (χ1v) is 7.10. The zero-order valence-corrected chi connectivity index (χ0v) is 12.2. The van der Waals surface area contributed by atoms with Crippen LogP contribution < -0.4 is 11.3 Å². The lowest BCUT2D eigenvalue weighted by atomic mass is 10.0. The van der Waals surface area contributed by atoms with Gasteiger partial charge in [0.15, 0.2) is 0 Å². The maximum absolute atomic E-state index is 10.9. The second kappa shape index (κ2) is 7.35. The summed E-state index contributed by atoms with van der Waals surface area (Å²) in [6, 6.07) is 4.99. The molecular weight excluding hydrogens is 272 g/mol. The van der Waals surface area contributed by atoms with Crippen molar-refractivity contribution in [2.45, 2.75) is 19.4 Å². The SMILES string of the molecule is CN(Cc1ccc([N+](=O)[O-])c(NN)c1)CC1CCCOC1. The minimum Gasteiger partial charge on any atom is -0.381 e.